The van der Waals surface area contributed by atoms with Crippen LogP contribution in [0.25, 0.3) is 0 Å². The Balaban J connectivity index is 2.30. The molecule has 1 aromatic heterocycles. The molecule has 1 aromatic carbocycles. The minimum atomic E-state index is -0.704. The molecule has 0 spiro atoms. The van der Waals surface area contributed by atoms with E-state index < -0.39 is 11.6 Å². The zero-order valence-corrected chi connectivity index (χ0v) is 9.78. The summed E-state index contributed by atoms with van der Waals surface area (Å²) in [4.78, 5) is 15.8. The molecule has 0 aliphatic rings. The third-order valence-electron chi connectivity index (χ3n) is 2.74. The molecule has 0 saturated heterocycles. The van der Waals surface area contributed by atoms with Gasteiger partial charge in [-0.2, -0.15) is 0 Å². The maximum atomic E-state index is 13.4. The number of hydrogen-bond acceptors (Lipinski definition) is 2. The maximum absolute atomic E-state index is 13.4. The number of rotatable bonds is 3. The maximum Gasteiger partial charge on any atom is 0.169 e. The third kappa shape index (κ3) is 2.42. The molecular weight excluding hydrogens is 236 g/mol. The molecular formula is C14H11F2NO. The molecule has 0 aliphatic heterocycles. The van der Waals surface area contributed by atoms with Gasteiger partial charge in [-0.1, -0.05) is 6.07 Å². The Morgan fingerprint density at radius 3 is 2.50 bits per heavy atom. The molecule has 0 aliphatic carbocycles. The van der Waals surface area contributed by atoms with E-state index in [1.54, 1.807) is 19.2 Å². The summed E-state index contributed by atoms with van der Waals surface area (Å²) in [5.41, 5.74) is 0.928. The van der Waals surface area contributed by atoms with Crippen molar-refractivity contribution in [3.63, 3.8) is 0 Å². The summed E-state index contributed by atoms with van der Waals surface area (Å²) < 4.78 is 26.8. The second-order valence-corrected chi connectivity index (χ2v) is 3.99. The summed E-state index contributed by atoms with van der Waals surface area (Å²) >= 11 is 0. The number of benzene rings is 1. The quantitative estimate of drug-likeness (QED) is 0.780. The van der Waals surface area contributed by atoms with Crippen LogP contribution in [-0.2, 0) is 6.42 Å². The lowest BCUT2D eigenvalue weighted by Gasteiger charge is -2.06. The molecule has 4 heteroatoms. The smallest absolute Gasteiger partial charge is 0.169 e. The number of ketones is 1. The minimum Gasteiger partial charge on any atom is -0.294 e. The topological polar surface area (TPSA) is 30.0 Å². The molecule has 0 atom stereocenters. The van der Waals surface area contributed by atoms with Crippen LogP contribution in [0.15, 0.2) is 36.7 Å². The van der Waals surface area contributed by atoms with Gasteiger partial charge in [0.25, 0.3) is 0 Å². The highest BCUT2D eigenvalue weighted by Crippen LogP contribution is 2.16. The summed E-state index contributed by atoms with van der Waals surface area (Å²) in [5, 5.41) is 0. The van der Waals surface area contributed by atoms with Crippen LogP contribution in [0.1, 0.15) is 21.5 Å². The monoisotopic (exact) mass is 247 g/mol. The van der Waals surface area contributed by atoms with Crippen molar-refractivity contribution in [3.8, 4) is 0 Å². The van der Waals surface area contributed by atoms with Crippen LogP contribution < -0.4 is 0 Å². The number of hydrogen-bond donors (Lipinski definition) is 0. The average molecular weight is 247 g/mol. The summed E-state index contributed by atoms with van der Waals surface area (Å²) in [5.74, 6) is -1.75. The largest absolute Gasteiger partial charge is 0.294 e. The number of aryl methyl sites for hydroxylation is 1. The van der Waals surface area contributed by atoms with Crippen molar-refractivity contribution in [1.29, 1.82) is 0 Å². The number of halogens is 2. The number of carbonyl (C=O) groups excluding carboxylic acids is 1. The average Bonchev–Trinajstić information content (AvgIpc) is 2.34. The van der Waals surface area contributed by atoms with Crippen LogP contribution >= 0.6 is 0 Å². The van der Waals surface area contributed by atoms with E-state index in [0.717, 1.165) is 17.7 Å². The Morgan fingerprint density at radius 1 is 1.22 bits per heavy atom. The van der Waals surface area contributed by atoms with Gasteiger partial charge in [-0.15, -0.1) is 0 Å². The second-order valence-electron chi connectivity index (χ2n) is 3.99. The predicted molar refractivity (Wildman–Crippen MR) is 63.4 cm³/mol. The lowest BCUT2D eigenvalue weighted by molar-refractivity contribution is 0.0989. The van der Waals surface area contributed by atoms with Crippen molar-refractivity contribution in [2.24, 2.45) is 0 Å². The van der Waals surface area contributed by atoms with E-state index in [4.69, 9.17) is 0 Å². The molecule has 0 N–H and O–H groups in total. The van der Waals surface area contributed by atoms with Crippen molar-refractivity contribution in [3.05, 3.63) is 65.0 Å². The van der Waals surface area contributed by atoms with Crippen LogP contribution in [0, 0.1) is 18.6 Å². The van der Waals surface area contributed by atoms with Crippen LogP contribution in [0.3, 0.4) is 0 Å². The molecule has 2 nitrogen and oxygen atoms in total. The molecule has 0 unspecified atom stereocenters. The van der Waals surface area contributed by atoms with E-state index in [1.165, 1.54) is 12.3 Å². The van der Waals surface area contributed by atoms with E-state index in [1.807, 2.05) is 0 Å². The normalized spacial score (nSPS) is 10.4. The van der Waals surface area contributed by atoms with Gasteiger partial charge in [0, 0.05) is 29.9 Å². The van der Waals surface area contributed by atoms with Crippen molar-refractivity contribution in [1.82, 2.24) is 4.98 Å². The van der Waals surface area contributed by atoms with Gasteiger partial charge < -0.3 is 0 Å². The highest BCUT2D eigenvalue weighted by molar-refractivity contribution is 5.98. The first-order valence-electron chi connectivity index (χ1n) is 5.46. The van der Waals surface area contributed by atoms with Gasteiger partial charge in [0.05, 0.1) is 0 Å². The zero-order valence-electron chi connectivity index (χ0n) is 9.78. The number of pyridine rings is 1. The summed E-state index contributed by atoms with van der Waals surface area (Å²) in [6, 6.07) is 5.24. The lowest BCUT2D eigenvalue weighted by Crippen LogP contribution is -2.09. The number of Topliss-reactive ketones (excluding diaryl/α,β-unsaturated/α-hetero) is 1. The van der Waals surface area contributed by atoms with Gasteiger partial charge >= 0.3 is 0 Å². The molecule has 2 aromatic rings. The molecule has 18 heavy (non-hydrogen) atoms. The van der Waals surface area contributed by atoms with E-state index >= 15 is 0 Å². The number of carbonyl (C=O) groups is 1. The van der Waals surface area contributed by atoms with E-state index in [0.29, 0.717) is 5.56 Å². The third-order valence-corrected chi connectivity index (χ3v) is 2.74. The van der Waals surface area contributed by atoms with E-state index in [-0.39, 0.29) is 17.8 Å². The molecule has 2 rings (SSSR count). The Labute approximate surface area is 103 Å². The molecule has 0 bridgehead atoms. The lowest BCUT2D eigenvalue weighted by atomic mass is 10.0. The fraction of sp³-hybridized carbons (Fsp3) is 0.143. The van der Waals surface area contributed by atoms with Crippen LogP contribution in [0.4, 0.5) is 8.78 Å². The summed E-state index contributed by atoms with van der Waals surface area (Å²) in [6.45, 7) is 1.76. The van der Waals surface area contributed by atoms with Crippen LogP contribution in [0.5, 0.6) is 0 Å². The van der Waals surface area contributed by atoms with Crippen molar-refractivity contribution >= 4 is 5.78 Å². The highest BCUT2D eigenvalue weighted by Gasteiger charge is 2.15. The minimum absolute atomic E-state index is 0.203. The molecule has 92 valence electrons. The Morgan fingerprint density at radius 2 is 1.89 bits per heavy atom. The zero-order chi connectivity index (χ0) is 13.1. The van der Waals surface area contributed by atoms with Crippen molar-refractivity contribution in [2.45, 2.75) is 13.3 Å². The van der Waals surface area contributed by atoms with E-state index in [9.17, 15) is 13.6 Å². The van der Waals surface area contributed by atoms with Gasteiger partial charge in [-0.05, 0) is 30.7 Å². The fourth-order valence-electron chi connectivity index (χ4n) is 1.71. The van der Waals surface area contributed by atoms with Gasteiger partial charge in [-0.25, -0.2) is 8.78 Å². The summed E-state index contributed by atoms with van der Waals surface area (Å²) in [6.07, 6.45) is 2.68. The fourth-order valence-corrected chi connectivity index (χ4v) is 1.71. The predicted octanol–water partition coefficient (Wildman–Crippen LogP) is 3.09. The van der Waals surface area contributed by atoms with Crippen molar-refractivity contribution < 1.29 is 13.6 Å². The summed E-state index contributed by atoms with van der Waals surface area (Å²) in [7, 11) is 0. The first kappa shape index (κ1) is 12.4. The number of aromatic nitrogens is 1. The molecule has 0 fully saturated rings. The molecule has 0 amide bonds. The Bertz CT molecular complexity index is 576. The molecule has 0 saturated carbocycles. The molecule has 1 heterocycles. The SMILES string of the molecule is Cc1ccncc1C(=O)Cc1c(F)cccc1F. The Kier molecular flexibility index (Phi) is 3.46. The first-order chi connectivity index (χ1) is 8.59. The van der Waals surface area contributed by atoms with Gasteiger partial charge in [0.1, 0.15) is 11.6 Å². The second kappa shape index (κ2) is 5.04. The number of nitrogens with zero attached hydrogens (tertiary/aromatic N) is 1. The van der Waals surface area contributed by atoms with E-state index in [2.05, 4.69) is 4.98 Å². The highest BCUT2D eigenvalue weighted by atomic mass is 19.1. The van der Waals surface area contributed by atoms with Gasteiger partial charge in [0.2, 0.25) is 0 Å². The van der Waals surface area contributed by atoms with Crippen LogP contribution in [-0.4, -0.2) is 10.8 Å². The van der Waals surface area contributed by atoms with Gasteiger partial charge in [0.15, 0.2) is 5.78 Å². The van der Waals surface area contributed by atoms with Crippen LogP contribution in [0.2, 0.25) is 0 Å². The van der Waals surface area contributed by atoms with Crippen molar-refractivity contribution in [2.75, 3.05) is 0 Å². The Hall–Kier alpha value is -2.10. The van der Waals surface area contributed by atoms with Gasteiger partial charge in [-0.3, -0.25) is 9.78 Å². The molecule has 0 radical (unpaired) electrons. The first-order valence-corrected chi connectivity index (χ1v) is 5.46. The standard InChI is InChI=1S/C14H11F2NO/c1-9-5-6-17-8-11(9)14(18)7-10-12(15)3-2-4-13(10)16/h2-6,8H,7H2,1H3.